The van der Waals surface area contributed by atoms with Crippen molar-refractivity contribution in [2.45, 2.75) is 24.8 Å². The summed E-state index contributed by atoms with van der Waals surface area (Å²) in [4.78, 5) is 26.6. The van der Waals surface area contributed by atoms with Gasteiger partial charge < -0.3 is 15.0 Å². The van der Waals surface area contributed by atoms with Gasteiger partial charge in [-0.2, -0.15) is 0 Å². The molecule has 1 aliphatic carbocycles. The molecule has 0 unspecified atom stereocenters. The first-order chi connectivity index (χ1) is 7.55. The summed E-state index contributed by atoms with van der Waals surface area (Å²) in [6.45, 7) is 0. The van der Waals surface area contributed by atoms with E-state index in [2.05, 4.69) is 10.3 Å². The number of aliphatic carboxylic acids is 1. The Kier molecular flexibility index (Phi) is 2.41. The predicted octanol–water partition coefficient (Wildman–Crippen LogP) is 0.199. The Labute approximate surface area is 91.9 Å². The Bertz CT molecular complexity index is 476. The number of nitrogens with one attached hydrogen (secondary N) is 1. The van der Waals surface area contributed by atoms with E-state index in [9.17, 15) is 9.59 Å². The summed E-state index contributed by atoms with van der Waals surface area (Å²) in [6, 6.07) is 0. The van der Waals surface area contributed by atoms with Crippen LogP contribution < -0.4 is 10.9 Å². The lowest BCUT2D eigenvalue weighted by Gasteiger charge is -2.38. The van der Waals surface area contributed by atoms with Crippen molar-refractivity contribution < 1.29 is 9.90 Å². The molecule has 1 fully saturated rings. The van der Waals surface area contributed by atoms with Crippen LogP contribution in [0.25, 0.3) is 0 Å². The first-order valence-electron chi connectivity index (χ1n) is 5.08. The normalized spacial score (nSPS) is 17.6. The van der Waals surface area contributed by atoms with Crippen LogP contribution in [0.4, 0.5) is 5.82 Å². The van der Waals surface area contributed by atoms with Crippen LogP contribution in [-0.2, 0) is 11.8 Å². The molecule has 1 saturated carbocycles. The summed E-state index contributed by atoms with van der Waals surface area (Å²) in [7, 11) is 1.60. The summed E-state index contributed by atoms with van der Waals surface area (Å²) >= 11 is 0. The highest BCUT2D eigenvalue weighted by molar-refractivity contribution is 5.83. The summed E-state index contributed by atoms with van der Waals surface area (Å²) < 4.78 is 1.36. The van der Waals surface area contributed by atoms with Gasteiger partial charge in [-0.05, 0) is 19.3 Å². The van der Waals surface area contributed by atoms with E-state index in [1.807, 2.05) is 0 Å². The monoisotopic (exact) mass is 223 g/mol. The zero-order valence-corrected chi connectivity index (χ0v) is 8.93. The molecule has 86 valence electrons. The highest BCUT2D eigenvalue weighted by Crippen LogP contribution is 2.34. The van der Waals surface area contributed by atoms with Crippen molar-refractivity contribution in [2.24, 2.45) is 7.05 Å². The van der Waals surface area contributed by atoms with Crippen molar-refractivity contribution in [3.8, 4) is 0 Å². The van der Waals surface area contributed by atoms with E-state index in [4.69, 9.17) is 5.11 Å². The van der Waals surface area contributed by atoms with Crippen LogP contribution >= 0.6 is 0 Å². The number of carbonyl (C=O) groups is 1. The lowest BCUT2D eigenvalue weighted by Crippen LogP contribution is -2.53. The van der Waals surface area contributed by atoms with E-state index in [-0.39, 0.29) is 11.4 Å². The molecule has 6 heteroatoms. The third kappa shape index (κ3) is 1.56. The molecule has 2 N–H and O–H groups in total. The Morgan fingerprint density at radius 1 is 1.62 bits per heavy atom. The van der Waals surface area contributed by atoms with Gasteiger partial charge >= 0.3 is 5.97 Å². The Hall–Kier alpha value is -1.85. The zero-order valence-electron chi connectivity index (χ0n) is 8.93. The maximum Gasteiger partial charge on any atom is 0.329 e. The van der Waals surface area contributed by atoms with E-state index in [0.717, 1.165) is 6.42 Å². The van der Waals surface area contributed by atoms with Crippen LogP contribution in [0, 0.1) is 0 Å². The quantitative estimate of drug-likeness (QED) is 0.764. The molecule has 0 atom stereocenters. The second kappa shape index (κ2) is 3.62. The fourth-order valence-corrected chi connectivity index (χ4v) is 1.73. The summed E-state index contributed by atoms with van der Waals surface area (Å²) in [5, 5.41) is 11.9. The lowest BCUT2D eigenvalue weighted by molar-refractivity contribution is -0.145. The van der Waals surface area contributed by atoms with E-state index >= 15 is 0 Å². The van der Waals surface area contributed by atoms with Crippen LogP contribution in [0.1, 0.15) is 19.3 Å². The Balaban J connectivity index is 2.30. The van der Waals surface area contributed by atoms with Crippen molar-refractivity contribution in [2.75, 3.05) is 5.32 Å². The summed E-state index contributed by atoms with van der Waals surface area (Å²) in [5.41, 5.74) is -1.31. The third-order valence-corrected chi connectivity index (χ3v) is 2.99. The number of carboxylic acid groups (broad SMARTS) is 1. The van der Waals surface area contributed by atoms with Crippen molar-refractivity contribution in [3.63, 3.8) is 0 Å². The van der Waals surface area contributed by atoms with Gasteiger partial charge in [0, 0.05) is 19.4 Å². The molecule has 1 heterocycles. The fourth-order valence-electron chi connectivity index (χ4n) is 1.73. The molecular weight excluding hydrogens is 210 g/mol. The van der Waals surface area contributed by atoms with Gasteiger partial charge in [-0.1, -0.05) is 0 Å². The van der Waals surface area contributed by atoms with Gasteiger partial charge in [0.15, 0.2) is 5.82 Å². The lowest BCUT2D eigenvalue weighted by atomic mass is 9.77. The molecule has 6 nitrogen and oxygen atoms in total. The molecule has 0 amide bonds. The zero-order chi connectivity index (χ0) is 11.8. The van der Waals surface area contributed by atoms with E-state index < -0.39 is 11.5 Å². The van der Waals surface area contributed by atoms with E-state index in [0.29, 0.717) is 12.8 Å². The van der Waals surface area contributed by atoms with E-state index in [1.165, 1.54) is 17.0 Å². The Morgan fingerprint density at radius 3 is 2.81 bits per heavy atom. The third-order valence-electron chi connectivity index (χ3n) is 2.99. The first kappa shape index (κ1) is 10.7. The summed E-state index contributed by atoms with van der Waals surface area (Å²) in [6.07, 6.45) is 4.91. The second-order valence-electron chi connectivity index (χ2n) is 4.06. The average molecular weight is 223 g/mol. The molecular formula is C10H13N3O3. The minimum Gasteiger partial charge on any atom is -0.480 e. The molecule has 0 radical (unpaired) electrons. The van der Waals surface area contributed by atoms with Gasteiger partial charge in [0.25, 0.3) is 5.56 Å². The standard InChI is InChI=1S/C10H13N3O3/c1-13-6-5-11-7(8(13)14)12-10(9(15)16)3-2-4-10/h5-6H,2-4H2,1H3,(H,11,12)(H,15,16). The number of anilines is 1. The molecule has 0 aromatic carbocycles. The minimum absolute atomic E-state index is 0.104. The second-order valence-corrected chi connectivity index (χ2v) is 4.06. The smallest absolute Gasteiger partial charge is 0.329 e. The average Bonchev–Trinajstić information content (AvgIpc) is 2.17. The Morgan fingerprint density at radius 2 is 2.31 bits per heavy atom. The van der Waals surface area contributed by atoms with Crippen molar-refractivity contribution >= 4 is 11.8 Å². The molecule has 0 aliphatic heterocycles. The molecule has 1 aromatic rings. The number of nitrogens with zero attached hydrogens (tertiary/aromatic N) is 2. The van der Waals surface area contributed by atoms with Crippen molar-refractivity contribution in [3.05, 3.63) is 22.7 Å². The molecule has 16 heavy (non-hydrogen) atoms. The molecule has 1 aliphatic rings. The van der Waals surface area contributed by atoms with Crippen LogP contribution in [0.5, 0.6) is 0 Å². The fraction of sp³-hybridized carbons (Fsp3) is 0.500. The maximum absolute atomic E-state index is 11.7. The number of aryl methyl sites for hydroxylation is 1. The molecule has 0 saturated heterocycles. The molecule has 0 spiro atoms. The van der Waals surface area contributed by atoms with Crippen LogP contribution in [0.15, 0.2) is 17.2 Å². The predicted molar refractivity (Wildman–Crippen MR) is 57.3 cm³/mol. The van der Waals surface area contributed by atoms with Crippen molar-refractivity contribution in [1.82, 2.24) is 9.55 Å². The highest BCUT2D eigenvalue weighted by atomic mass is 16.4. The SMILES string of the molecule is Cn1ccnc(NC2(C(=O)O)CCC2)c1=O. The van der Waals surface area contributed by atoms with Crippen molar-refractivity contribution in [1.29, 1.82) is 0 Å². The highest BCUT2D eigenvalue weighted by Gasteiger charge is 2.45. The number of hydrogen-bond acceptors (Lipinski definition) is 4. The minimum atomic E-state index is -0.999. The molecule has 1 aromatic heterocycles. The van der Waals surface area contributed by atoms with Crippen LogP contribution in [0.2, 0.25) is 0 Å². The van der Waals surface area contributed by atoms with Gasteiger partial charge in [-0.25, -0.2) is 9.78 Å². The largest absolute Gasteiger partial charge is 0.480 e. The van der Waals surface area contributed by atoms with Crippen LogP contribution in [0.3, 0.4) is 0 Å². The summed E-state index contributed by atoms with van der Waals surface area (Å²) in [5.74, 6) is -0.821. The van der Waals surface area contributed by atoms with E-state index in [1.54, 1.807) is 7.05 Å². The van der Waals surface area contributed by atoms with Gasteiger partial charge in [-0.3, -0.25) is 4.79 Å². The van der Waals surface area contributed by atoms with Gasteiger partial charge in [0.1, 0.15) is 5.54 Å². The molecule has 0 bridgehead atoms. The topological polar surface area (TPSA) is 84.2 Å². The maximum atomic E-state index is 11.7. The van der Waals surface area contributed by atoms with Gasteiger partial charge in [0.2, 0.25) is 0 Å². The molecule has 2 rings (SSSR count). The van der Waals surface area contributed by atoms with Crippen LogP contribution in [-0.4, -0.2) is 26.2 Å². The van der Waals surface area contributed by atoms with Gasteiger partial charge in [-0.15, -0.1) is 0 Å². The number of hydrogen-bond donors (Lipinski definition) is 2. The number of carboxylic acids is 1. The van der Waals surface area contributed by atoms with Gasteiger partial charge in [0.05, 0.1) is 0 Å². The number of aromatic nitrogens is 2. The number of rotatable bonds is 3. The first-order valence-corrected chi connectivity index (χ1v) is 5.08.